The van der Waals surface area contributed by atoms with Crippen molar-refractivity contribution in [2.45, 2.75) is 53.6 Å². The van der Waals surface area contributed by atoms with Gasteiger partial charge in [-0.05, 0) is 64.7 Å². The van der Waals surface area contributed by atoms with Crippen LogP contribution in [0.25, 0.3) is 0 Å². The molecule has 2 rings (SSSR count). The smallest absolute Gasteiger partial charge is 0.408 e. The Morgan fingerprint density at radius 2 is 1.52 bits per heavy atom. The van der Waals surface area contributed by atoms with Gasteiger partial charge in [0.1, 0.15) is 17.9 Å². The monoisotopic (exact) mass is 433 g/mol. The van der Waals surface area contributed by atoms with E-state index in [1.807, 2.05) is 32.9 Å². The van der Waals surface area contributed by atoms with Crippen LogP contribution in [0.4, 0.5) is 4.79 Å². The van der Waals surface area contributed by atoms with Crippen molar-refractivity contribution in [2.75, 3.05) is 39.3 Å². The lowest BCUT2D eigenvalue weighted by molar-refractivity contribution is -0.134. The van der Waals surface area contributed by atoms with Crippen LogP contribution in [0.1, 0.15) is 43.9 Å². The molecule has 0 bridgehead atoms. The summed E-state index contributed by atoms with van der Waals surface area (Å²) in [6, 6.07) is 4.03. The molecular weight excluding hydrogens is 398 g/mol. The van der Waals surface area contributed by atoms with Crippen molar-refractivity contribution in [1.29, 1.82) is 0 Å². The molecule has 0 spiro atoms. The second kappa shape index (κ2) is 10.5. The molecule has 0 aromatic heterocycles. The number of hydrogen-bond donors (Lipinski definition) is 1. The van der Waals surface area contributed by atoms with Gasteiger partial charge >= 0.3 is 6.09 Å². The predicted molar refractivity (Wildman–Crippen MR) is 118 cm³/mol. The number of ether oxygens (including phenoxy) is 2. The first-order valence-electron chi connectivity index (χ1n) is 10.7. The van der Waals surface area contributed by atoms with Gasteiger partial charge in [-0.1, -0.05) is 12.1 Å². The summed E-state index contributed by atoms with van der Waals surface area (Å²) in [5.41, 5.74) is 2.55. The van der Waals surface area contributed by atoms with Crippen molar-refractivity contribution in [3.63, 3.8) is 0 Å². The summed E-state index contributed by atoms with van der Waals surface area (Å²) in [6.07, 6.45) is 0.0539. The molecular formula is C23H35N3O5. The fourth-order valence-corrected chi connectivity index (χ4v) is 3.36. The minimum atomic E-state index is -0.619. The van der Waals surface area contributed by atoms with E-state index in [2.05, 4.69) is 5.32 Å². The second-order valence-electron chi connectivity index (χ2n) is 8.91. The highest BCUT2D eigenvalue weighted by atomic mass is 16.6. The van der Waals surface area contributed by atoms with Crippen LogP contribution in [0.3, 0.4) is 0 Å². The Balaban J connectivity index is 1.83. The third-order valence-electron chi connectivity index (χ3n) is 5.20. The molecule has 1 aromatic rings. The zero-order valence-electron chi connectivity index (χ0n) is 19.5. The van der Waals surface area contributed by atoms with Crippen molar-refractivity contribution < 1.29 is 23.9 Å². The average molecular weight is 434 g/mol. The summed E-state index contributed by atoms with van der Waals surface area (Å²) in [7, 11) is 0. The molecule has 0 saturated carbocycles. The average Bonchev–Trinajstić information content (AvgIpc) is 2.94. The normalized spacial score (nSPS) is 14.6. The standard InChI is InChI=1S/C23H35N3O5/c1-16-8-9-17(2)21(18(16)3)30-15-20(28)26-11-7-10-25(12-13-26)19(27)14-24-22(29)31-23(4,5)6/h8-9H,7,10-15H2,1-6H3,(H,24,29). The number of aryl methyl sites for hydroxylation is 2. The largest absolute Gasteiger partial charge is 0.483 e. The Morgan fingerprint density at radius 1 is 0.935 bits per heavy atom. The molecule has 1 N–H and O–H groups in total. The lowest BCUT2D eigenvalue weighted by Crippen LogP contribution is -2.44. The molecule has 1 aliphatic rings. The first-order chi connectivity index (χ1) is 14.5. The first kappa shape index (κ1) is 24.5. The first-order valence-corrected chi connectivity index (χ1v) is 10.7. The van der Waals surface area contributed by atoms with Crippen LogP contribution >= 0.6 is 0 Å². The maximum Gasteiger partial charge on any atom is 0.408 e. The van der Waals surface area contributed by atoms with Gasteiger partial charge in [-0.2, -0.15) is 0 Å². The van der Waals surface area contributed by atoms with E-state index < -0.39 is 11.7 Å². The lowest BCUT2D eigenvalue weighted by Gasteiger charge is -2.23. The van der Waals surface area contributed by atoms with Crippen molar-refractivity contribution >= 4 is 17.9 Å². The summed E-state index contributed by atoms with van der Waals surface area (Å²) in [6.45, 7) is 13.1. The summed E-state index contributed by atoms with van der Waals surface area (Å²) in [5, 5.41) is 2.49. The molecule has 8 heteroatoms. The summed E-state index contributed by atoms with van der Waals surface area (Å²) < 4.78 is 11.0. The van der Waals surface area contributed by atoms with Crippen LogP contribution in [0.5, 0.6) is 5.75 Å². The fraction of sp³-hybridized carbons (Fsp3) is 0.609. The zero-order valence-corrected chi connectivity index (χ0v) is 19.5. The molecule has 1 heterocycles. The SMILES string of the molecule is Cc1ccc(C)c(OCC(=O)N2CCCN(C(=O)CNC(=O)OC(C)(C)C)CC2)c1C. The van der Waals surface area contributed by atoms with Crippen LogP contribution in [0, 0.1) is 20.8 Å². The van der Waals surface area contributed by atoms with Gasteiger partial charge in [-0.15, -0.1) is 0 Å². The van der Waals surface area contributed by atoms with Crippen LogP contribution in [0.15, 0.2) is 12.1 Å². The minimum absolute atomic E-state index is 0.0285. The molecule has 3 amide bonds. The Kier molecular flexibility index (Phi) is 8.30. The maximum atomic E-state index is 12.7. The van der Waals surface area contributed by atoms with Crippen LogP contribution < -0.4 is 10.1 Å². The van der Waals surface area contributed by atoms with Crippen LogP contribution in [0.2, 0.25) is 0 Å². The number of hydrogen-bond acceptors (Lipinski definition) is 5. The van der Waals surface area contributed by atoms with Crippen molar-refractivity contribution in [3.8, 4) is 5.75 Å². The number of benzene rings is 1. The predicted octanol–water partition coefficient (Wildman–Crippen LogP) is 2.58. The van der Waals surface area contributed by atoms with Crippen LogP contribution in [-0.4, -0.2) is 72.6 Å². The summed E-state index contributed by atoms with van der Waals surface area (Å²) in [5.74, 6) is 0.470. The van der Waals surface area contributed by atoms with Gasteiger partial charge in [-0.3, -0.25) is 9.59 Å². The van der Waals surface area contributed by atoms with E-state index in [0.29, 0.717) is 32.6 Å². The maximum absolute atomic E-state index is 12.7. The molecule has 0 radical (unpaired) electrons. The molecule has 8 nitrogen and oxygen atoms in total. The van der Waals surface area contributed by atoms with E-state index in [0.717, 1.165) is 22.4 Å². The summed E-state index contributed by atoms with van der Waals surface area (Å²) >= 11 is 0. The quantitative estimate of drug-likeness (QED) is 0.771. The van der Waals surface area contributed by atoms with Gasteiger partial charge in [0.15, 0.2) is 6.61 Å². The van der Waals surface area contributed by atoms with E-state index in [4.69, 9.17) is 9.47 Å². The minimum Gasteiger partial charge on any atom is -0.483 e. The molecule has 0 aliphatic carbocycles. The zero-order chi connectivity index (χ0) is 23.2. The number of alkyl carbamates (subject to hydrolysis) is 1. The number of nitrogens with zero attached hydrogens (tertiary/aromatic N) is 2. The lowest BCUT2D eigenvalue weighted by atomic mass is 10.1. The Morgan fingerprint density at radius 3 is 2.13 bits per heavy atom. The third-order valence-corrected chi connectivity index (χ3v) is 5.20. The van der Waals surface area contributed by atoms with E-state index >= 15 is 0 Å². The number of carbonyl (C=O) groups is 3. The van der Waals surface area contributed by atoms with Gasteiger partial charge in [0.05, 0.1) is 0 Å². The third kappa shape index (κ3) is 7.45. The van der Waals surface area contributed by atoms with Gasteiger partial charge < -0.3 is 24.6 Å². The van der Waals surface area contributed by atoms with Crippen molar-refractivity contribution in [3.05, 3.63) is 28.8 Å². The van der Waals surface area contributed by atoms with Gasteiger partial charge in [0, 0.05) is 26.2 Å². The van der Waals surface area contributed by atoms with Gasteiger partial charge in [-0.25, -0.2) is 4.79 Å². The molecule has 0 atom stereocenters. The number of rotatable bonds is 5. The van der Waals surface area contributed by atoms with E-state index in [-0.39, 0.29) is 25.0 Å². The Labute approximate surface area is 184 Å². The highest BCUT2D eigenvalue weighted by Crippen LogP contribution is 2.25. The van der Waals surface area contributed by atoms with Gasteiger partial charge in [0.2, 0.25) is 5.91 Å². The highest BCUT2D eigenvalue weighted by molar-refractivity contribution is 5.82. The number of amides is 3. The molecule has 1 saturated heterocycles. The topological polar surface area (TPSA) is 88.2 Å². The summed E-state index contributed by atoms with van der Waals surface area (Å²) in [4.78, 5) is 40.3. The Bertz CT molecular complexity index is 816. The fourth-order valence-electron chi connectivity index (χ4n) is 3.36. The molecule has 172 valence electrons. The molecule has 0 unspecified atom stereocenters. The molecule has 1 aromatic carbocycles. The molecule has 1 aliphatic heterocycles. The number of nitrogens with one attached hydrogen (secondary N) is 1. The molecule has 1 fully saturated rings. The van der Waals surface area contributed by atoms with Crippen LogP contribution in [-0.2, 0) is 14.3 Å². The highest BCUT2D eigenvalue weighted by Gasteiger charge is 2.24. The van der Waals surface area contributed by atoms with Crippen molar-refractivity contribution in [1.82, 2.24) is 15.1 Å². The number of carbonyl (C=O) groups excluding carboxylic acids is 3. The Hall–Kier alpha value is -2.77. The van der Waals surface area contributed by atoms with Crippen molar-refractivity contribution in [2.24, 2.45) is 0 Å². The molecule has 31 heavy (non-hydrogen) atoms. The van der Waals surface area contributed by atoms with E-state index in [9.17, 15) is 14.4 Å². The second-order valence-corrected chi connectivity index (χ2v) is 8.91. The van der Waals surface area contributed by atoms with E-state index in [1.165, 1.54) is 0 Å². The van der Waals surface area contributed by atoms with Gasteiger partial charge in [0.25, 0.3) is 5.91 Å². The van der Waals surface area contributed by atoms with E-state index in [1.54, 1.807) is 30.6 Å².